The molecule has 1 aliphatic carbocycles. The summed E-state index contributed by atoms with van der Waals surface area (Å²) in [7, 11) is 1.46. The van der Waals surface area contributed by atoms with Crippen LogP contribution in [0.4, 0.5) is 5.69 Å². The molecule has 0 unspecified atom stereocenters. The van der Waals surface area contributed by atoms with Crippen LogP contribution in [-0.4, -0.2) is 24.1 Å². The number of para-hydroxylation sites is 1. The molecule has 0 saturated heterocycles. The molecule has 0 aromatic heterocycles. The number of carbonyl (C=O) groups excluding carboxylic acids is 1. The van der Waals surface area contributed by atoms with Gasteiger partial charge in [0.15, 0.2) is 0 Å². The van der Waals surface area contributed by atoms with Gasteiger partial charge in [-0.3, -0.25) is 9.59 Å². The van der Waals surface area contributed by atoms with Crippen molar-refractivity contribution in [3.63, 3.8) is 0 Å². The van der Waals surface area contributed by atoms with Gasteiger partial charge in [-0.05, 0) is 31.4 Å². The molecule has 2 atom stereocenters. The van der Waals surface area contributed by atoms with Crippen LogP contribution in [0.3, 0.4) is 0 Å². The maximum atomic E-state index is 12.3. The first-order chi connectivity index (χ1) is 10.1. The normalized spacial score (nSPS) is 20.6. The number of hydrogen-bond donors (Lipinski definition) is 2. The first-order valence-corrected chi connectivity index (χ1v) is 6.67. The van der Waals surface area contributed by atoms with Gasteiger partial charge in [-0.25, -0.2) is 0 Å². The summed E-state index contributed by atoms with van der Waals surface area (Å²) in [4.78, 5) is 23.2. The van der Waals surface area contributed by atoms with Crippen LogP contribution in [0.25, 0.3) is 0 Å². The number of carbonyl (C=O) groups is 2. The van der Waals surface area contributed by atoms with Crippen LogP contribution >= 0.6 is 0 Å². The van der Waals surface area contributed by atoms with Gasteiger partial charge < -0.3 is 15.2 Å². The van der Waals surface area contributed by atoms with Crippen molar-refractivity contribution in [3.8, 4) is 11.8 Å². The molecule has 0 radical (unpaired) electrons. The highest BCUT2D eigenvalue weighted by molar-refractivity contribution is 5.96. The van der Waals surface area contributed by atoms with Crippen molar-refractivity contribution in [2.45, 2.75) is 19.3 Å². The quantitative estimate of drug-likeness (QED) is 0.882. The number of nitrogens with zero attached hydrogens (tertiary/aromatic N) is 1. The first kappa shape index (κ1) is 14.9. The van der Waals surface area contributed by atoms with E-state index in [1.807, 2.05) is 6.07 Å². The minimum absolute atomic E-state index is 0.264. The van der Waals surface area contributed by atoms with Crippen LogP contribution in [0.1, 0.15) is 24.8 Å². The van der Waals surface area contributed by atoms with Crippen molar-refractivity contribution in [2.75, 3.05) is 12.4 Å². The lowest BCUT2D eigenvalue weighted by Crippen LogP contribution is -2.22. The number of carboxylic acid groups (broad SMARTS) is 1. The highest BCUT2D eigenvalue weighted by atomic mass is 16.5. The van der Waals surface area contributed by atoms with Gasteiger partial charge in [0, 0.05) is 5.92 Å². The number of aliphatic carboxylic acids is 1. The van der Waals surface area contributed by atoms with E-state index < -0.39 is 11.9 Å². The number of carboxylic acids is 1. The second kappa shape index (κ2) is 6.27. The highest BCUT2D eigenvalue weighted by Gasteiger charge is 2.34. The van der Waals surface area contributed by atoms with E-state index in [4.69, 9.17) is 15.1 Å². The largest absolute Gasteiger partial charge is 0.495 e. The maximum Gasteiger partial charge on any atom is 0.306 e. The van der Waals surface area contributed by atoms with Gasteiger partial charge in [0.1, 0.15) is 17.5 Å². The molecular formula is C15H16N2O4. The molecule has 1 aliphatic rings. The van der Waals surface area contributed by atoms with Crippen LogP contribution in [0.2, 0.25) is 0 Å². The average molecular weight is 288 g/mol. The second-order valence-electron chi connectivity index (χ2n) is 5.03. The number of amides is 1. The number of rotatable bonds is 4. The number of anilines is 1. The molecule has 1 aromatic rings. The summed E-state index contributed by atoms with van der Waals surface area (Å²) in [5.74, 6) is -1.52. The summed E-state index contributed by atoms with van der Waals surface area (Å²) >= 11 is 0. The minimum atomic E-state index is -0.861. The van der Waals surface area contributed by atoms with Gasteiger partial charge in [0.25, 0.3) is 0 Å². The molecule has 2 N–H and O–H groups in total. The molecule has 2 rings (SSSR count). The van der Waals surface area contributed by atoms with E-state index >= 15 is 0 Å². The van der Waals surface area contributed by atoms with Gasteiger partial charge >= 0.3 is 5.97 Å². The van der Waals surface area contributed by atoms with Gasteiger partial charge in [0.05, 0.1) is 18.6 Å². The van der Waals surface area contributed by atoms with Crippen molar-refractivity contribution >= 4 is 17.6 Å². The Morgan fingerprint density at radius 3 is 2.67 bits per heavy atom. The van der Waals surface area contributed by atoms with Crippen LogP contribution in [0.15, 0.2) is 18.2 Å². The minimum Gasteiger partial charge on any atom is -0.495 e. The molecule has 1 saturated carbocycles. The van der Waals surface area contributed by atoms with Gasteiger partial charge in [0.2, 0.25) is 5.91 Å². The molecular weight excluding hydrogens is 272 g/mol. The van der Waals surface area contributed by atoms with Gasteiger partial charge in [-0.1, -0.05) is 6.07 Å². The third kappa shape index (κ3) is 3.14. The SMILES string of the molecule is COc1cccc(C#N)c1NC(=O)[C@@H]1CC[C@H](C(=O)O)C1. The molecule has 1 amide bonds. The molecule has 6 nitrogen and oxygen atoms in total. The highest BCUT2D eigenvalue weighted by Crippen LogP contribution is 2.34. The third-order valence-electron chi connectivity index (χ3n) is 3.77. The third-order valence-corrected chi connectivity index (χ3v) is 3.77. The lowest BCUT2D eigenvalue weighted by molar-refractivity contribution is -0.141. The zero-order chi connectivity index (χ0) is 15.4. The lowest BCUT2D eigenvalue weighted by atomic mass is 10.0. The fourth-order valence-electron chi connectivity index (χ4n) is 2.59. The smallest absolute Gasteiger partial charge is 0.306 e. The van der Waals surface area contributed by atoms with Crippen molar-refractivity contribution in [3.05, 3.63) is 23.8 Å². The van der Waals surface area contributed by atoms with E-state index in [2.05, 4.69) is 5.32 Å². The molecule has 0 aliphatic heterocycles. The standard InChI is InChI=1S/C15H16N2O4/c1-21-12-4-2-3-11(8-16)13(12)17-14(18)9-5-6-10(7-9)15(19)20/h2-4,9-10H,5-7H2,1H3,(H,17,18)(H,19,20)/t9-,10+/m1/s1. The van der Waals surface area contributed by atoms with Crippen LogP contribution in [0.5, 0.6) is 5.75 Å². The number of ether oxygens (including phenoxy) is 1. The summed E-state index contributed by atoms with van der Waals surface area (Å²) < 4.78 is 5.15. The van der Waals surface area contributed by atoms with E-state index in [0.29, 0.717) is 36.3 Å². The summed E-state index contributed by atoms with van der Waals surface area (Å²) in [6.07, 6.45) is 1.38. The van der Waals surface area contributed by atoms with E-state index in [1.165, 1.54) is 7.11 Å². The Hall–Kier alpha value is -2.55. The Bertz CT molecular complexity index is 606. The Morgan fingerprint density at radius 2 is 2.10 bits per heavy atom. The molecule has 1 fully saturated rings. The monoisotopic (exact) mass is 288 g/mol. The Balaban J connectivity index is 2.14. The van der Waals surface area contributed by atoms with Gasteiger partial charge in [-0.2, -0.15) is 5.26 Å². The van der Waals surface area contributed by atoms with Crippen molar-refractivity contribution in [1.29, 1.82) is 5.26 Å². The number of nitrogens with one attached hydrogen (secondary N) is 1. The van der Waals surface area contributed by atoms with Crippen molar-refractivity contribution < 1.29 is 19.4 Å². The molecule has 0 spiro atoms. The molecule has 6 heteroatoms. The predicted molar refractivity (Wildman–Crippen MR) is 74.8 cm³/mol. The summed E-state index contributed by atoms with van der Waals surface area (Å²) in [6, 6.07) is 6.92. The summed E-state index contributed by atoms with van der Waals surface area (Å²) in [6.45, 7) is 0. The zero-order valence-corrected chi connectivity index (χ0v) is 11.6. The van der Waals surface area contributed by atoms with Crippen molar-refractivity contribution in [2.24, 2.45) is 11.8 Å². The fraction of sp³-hybridized carbons (Fsp3) is 0.400. The van der Waals surface area contributed by atoms with E-state index in [9.17, 15) is 9.59 Å². The van der Waals surface area contributed by atoms with Crippen LogP contribution in [0, 0.1) is 23.2 Å². The molecule has 0 bridgehead atoms. The topological polar surface area (TPSA) is 99.4 Å². The predicted octanol–water partition coefficient (Wildman–Crippen LogP) is 2.01. The summed E-state index contributed by atoms with van der Waals surface area (Å²) in [5, 5.41) is 20.8. The molecule has 1 aromatic carbocycles. The second-order valence-corrected chi connectivity index (χ2v) is 5.03. The number of hydrogen-bond acceptors (Lipinski definition) is 4. The average Bonchev–Trinajstić information content (AvgIpc) is 2.97. The zero-order valence-electron chi connectivity index (χ0n) is 11.6. The van der Waals surface area contributed by atoms with E-state index in [1.54, 1.807) is 18.2 Å². The van der Waals surface area contributed by atoms with Gasteiger partial charge in [-0.15, -0.1) is 0 Å². The van der Waals surface area contributed by atoms with Crippen LogP contribution in [-0.2, 0) is 9.59 Å². The Labute approximate surface area is 122 Å². The molecule has 21 heavy (non-hydrogen) atoms. The molecule has 0 heterocycles. The number of benzene rings is 1. The Morgan fingerprint density at radius 1 is 1.38 bits per heavy atom. The lowest BCUT2D eigenvalue weighted by Gasteiger charge is -2.14. The van der Waals surface area contributed by atoms with E-state index in [-0.39, 0.29) is 11.8 Å². The maximum absolute atomic E-state index is 12.3. The summed E-state index contributed by atoms with van der Waals surface area (Å²) in [5.41, 5.74) is 0.654. The van der Waals surface area contributed by atoms with Crippen molar-refractivity contribution in [1.82, 2.24) is 0 Å². The number of nitriles is 1. The first-order valence-electron chi connectivity index (χ1n) is 6.67. The fourth-order valence-corrected chi connectivity index (χ4v) is 2.59. The van der Waals surface area contributed by atoms with Crippen LogP contribution < -0.4 is 10.1 Å². The number of methoxy groups -OCH3 is 1. The van der Waals surface area contributed by atoms with E-state index in [0.717, 1.165) is 0 Å². The Kier molecular flexibility index (Phi) is 4.43. The molecule has 110 valence electrons.